The number of hydrogen-bond donors (Lipinski definition) is 0. The molecule has 0 aliphatic rings. The molecular weight excluding hydrogens is 276 g/mol. The standard InChI is InChI=1S/C16H13ClO3/c1-11(18)12-5-7-15(8-6-12)20-10-16(19)13-3-2-4-14(17)9-13/h2-9H,10H2,1H3. The maximum Gasteiger partial charge on any atom is 0.200 e. The number of Topliss-reactive ketones (excluding diaryl/α,β-unsaturated/α-hetero) is 2. The molecule has 2 aromatic carbocycles. The molecule has 0 aliphatic carbocycles. The molecule has 3 nitrogen and oxygen atoms in total. The van der Waals surface area contributed by atoms with Crippen LogP contribution in [0.4, 0.5) is 0 Å². The van der Waals surface area contributed by atoms with E-state index >= 15 is 0 Å². The molecule has 0 fully saturated rings. The first-order chi connectivity index (χ1) is 9.56. The van der Waals surface area contributed by atoms with Crippen molar-refractivity contribution in [2.45, 2.75) is 6.92 Å². The van der Waals surface area contributed by atoms with Crippen molar-refractivity contribution in [3.05, 3.63) is 64.7 Å². The van der Waals surface area contributed by atoms with Crippen LogP contribution in [0.2, 0.25) is 5.02 Å². The van der Waals surface area contributed by atoms with Crippen molar-refractivity contribution in [3.63, 3.8) is 0 Å². The Labute approximate surface area is 122 Å². The Morgan fingerprint density at radius 2 is 1.75 bits per heavy atom. The quantitative estimate of drug-likeness (QED) is 0.786. The lowest BCUT2D eigenvalue weighted by Crippen LogP contribution is -2.11. The zero-order valence-corrected chi connectivity index (χ0v) is 11.7. The summed E-state index contributed by atoms with van der Waals surface area (Å²) in [6.45, 7) is 1.43. The first kappa shape index (κ1) is 14.3. The van der Waals surface area contributed by atoms with Crippen molar-refractivity contribution in [2.75, 3.05) is 6.61 Å². The number of ketones is 2. The first-order valence-corrected chi connectivity index (χ1v) is 6.46. The molecule has 0 spiro atoms. The topological polar surface area (TPSA) is 43.4 Å². The average Bonchev–Trinajstić information content (AvgIpc) is 2.45. The molecule has 2 aromatic rings. The van der Waals surface area contributed by atoms with Gasteiger partial charge in [0.25, 0.3) is 0 Å². The second-order valence-electron chi connectivity index (χ2n) is 4.30. The number of hydrogen-bond acceptors (Lipinski definition) is 3. The monoisotopic (exact) mass is 288 g/mol. The SMILES string of the molecule is CC(=O)c1ccc(OCC(=O)c2cccc(Cl)c2)cc1. The normalized spacial score (nSPS) is 10.1. The van der Waals surface area contributed by atoms with Crippen LogP contribution in [-0.2, 0) is 0 Å². The van der Waals surface area contributed by atoms with Crippen molar-refractivity contribution in [2.24, 2.45) is 0 Å². The molecule has 0 bridgehead atoms. The minimum absolute atomic E-state index is 0.00782. The van der Waals surface area contributed by atoms with Crippen molar-refractivity contribution < 1.29 is 14.3 Å². The Morgan fingerprint density at radius 1 is 1.05 bits per heavy atom. The molecule has 4 heteroatoms. The molecule has 0 heterocycles. The highest BCUT2D eigenvalue weighted by molar-refractivity contribution is 6.31. The molecule has 0 unspecified atom stereocenters. The zero-order chi connectivity index (χ0) is 14.5. The van der Waals surface area contributed by atoms with Crippen molar-refractivity contribution >= 4 is 23.2 Å². The Hall–Kier alpha value is -2.13. The van der Waals surface area contributed by atoms with E-state index in [0.29, 0.717) is 21.9 Å². The number of rotatable bonds is 5. The van der Waals surface area contributed by atoms with Gasteiger partial charge in [0.2, 0.25) is 0 Å². The van der Waals surface area contributed by atoms with Crippen molar-refractivity contribution in [3.8, 4) is 5.75 Å². The van der Waals surface area contributed by atoms with Crippen LogP contribution < -0.4 is 4.74 Å². The van der Waals surface area contributed by atoms with E-state index in [2.05, 4.69) is 0 Å². The minimum Gasteiger partial charge on any atom is -0.485 e. The number of carbonyl (C=O) groups is 2. The van der Waals surface area contributed by atoms with Crippen molar-refractivity contribution in [1.29, 1.82) is 0 Å². The second-order valence-corrected chi connectivity index (χ2v) is 4.74. The van der Waals surface area contributed by atoms with Gasteiger partial charge in [-0.25, -0.2) is 0 Å². The van der Waals surface area contributed by atoms with Gasteiger partial charge >= 0.3 is 0 Å². The van der Waals surface area contributed by atoms with Crippen LogP contribution in [-0.4, -0.2) is 18.2 Å². The van der Waals surface area contributed by atoms with E-state index in [0.717, 1.165) is 0 Å². The van der Waals surface area contributed by atoms with E-state index in [1.807, 2.05) is 0 Å². The molecule has 0 aromatic heterocycles. The third-order valence-electron chi connectivity index (χ3n) is 2.78. The van der Waals surface area contributed by atoms with Crippen LogP contribution in [0, 0.1) is 0 Å². The number of benzene rings is 2. The van der Waals surface area contributed by atoms with E-state index < -0.39 is 0 Å². The van der Waals surface area contributed by atoms with Gasteiger partial charge in [-0.3, -0.25) is 9.59 Å². The van der Waals surface area contributed by atoms with Crippen LogP contribution >= 0.6 is 11.6 Å². The van der Waals surface area contributed by atoms with Gasteiger partial charge in [-0.05, 0) is 43.3 Å². The molecular formula is C16H13ClO3. The molecule has 0 amide bonds. The van der Waals surface area contributed by atoms with E-state index in [1.54, 1.807) is 48.5 Å². The predicted molar refractivity (Wildman–Crippen MR) is 77.7 cm³/mol. The highest BCUT2D eigenvalue weighted by atomic mass is 35.5. The number of halogens is 1. The van der Waals surface area contributed by atoms with Gasteiger partial charge in [-0.2, -0.15) is 0 Å². The van der Waals surface area contributed by atoms with Gasteiger partial charge in [-0.15, -0.1) is 0 Å². The van der Waals surface area contributed by atoms with E-state index in [4.69, 9.17) is 16.3 Å². The van der Waals surface area contributed by atoms with E-state index in [1.165, 1.54) is 6.92 Å². The lowest BCUT2D eigenvalue weighted by atomic mass is 10.1. The van der Waals surface area contributed by atoms with Gasteiger partial charge in [-0.1, -0.05) is 23.7 Å². The van der Waals surface area contributed by atoms with Gasteiger partial charge < -0.3 is 4.74 Å². The molecule has 2 rings (SSSR count). The summed E-state index contributed by atoms with van der Waals surface area (Å²) in [6.07, 6.45) is 0. The van der Waals surface area contributed by atoms with Crippen LogP contribution in [0.3, 0.4) is 0 Å². The number of ether oxygens (including phenoxy) is 1. The summed E-state index contributed by atoms with van der Waals surface area (Å²) in [4.78, 5) is 23.0. The first-order valence-electron chi connectivity index (χ1n) is 6.09. The summed E-state index contributed by atoms with van der Waals surface area (Å²) in [7, 11) is 0. The summed E-state index contributed by atoms with van der Waals surface area (Å²) in [5.74, 6) is 0.389. The van der Waals surface area contributed by atoms with Gasteiger partial charge in [0.05, 0.1) is 0 Å². The molecule has 0 aliphatic heterocycles. The molecule has 20 heavy (non-hydrogen) atoms. The predicted octanol–water partition coefficient (Wildman–Crippen LogP) is 3.80. The third-order valence-corrected chi connectivity index (χ3v) is 3.01. The molecule has 0 atom stereocenters. The van der Waals surface area contributed by atoms with Crippen LogP contribution in [0.1, 0.15) is 27.6 Å². The zero-order valence-electron chi connectivity index (χ0n) is 10.9. The maximum atomic E-state index is 11.9. The van der Waals surface area contributed by atoms with Gasteiger partial charge in [0.15, 0.2) is 18.2 Å². The Balaban J connectivity index is 1.98. The van der Waals surface area contributed by atoms with E-state index in [-0.39, 0.29) is 18.2 Å². The van der Waals surface area contributed by atoms with Crippen LogP contribution in [0.25, 0.3) is 0 Å². The summed E-state index contributed by atoms with van der Waals surface area (Å²) >= 11 is 5.83. The smallest absolute Gasteiger partial charge is 0.200 e. The summed E-state index contributed by atoms with van der Waals surface area (Å²) < 4.78 is 5.39. The fraction of sp³-hybridized carbons (Fsp3) is 0.125. The highest BCUT2D eigenvalue weighted by Crippen LogP contribution is 2.14. The Bertz CT molecular complexity index is 632. The van der Waals surface area contributed by atoms with Crippen LogP contribution in [0.5, 0.6) is 5.75 Å². The molecule has 102 valence electrons. The van der Waals surface area contributed by atoms with Crippen LogP contribution in [0.15, 0.2) is 48.5 Å². The van der Waals surface area contributed by atoms with Gasteiger partial charge in [0.1, 0.15) is 5.75 Å². The Morgan fingerprint density at radius 3 is 2.35 bits per heavy atom. The lowest BCUT2D eigenvalue weighted by molar-refractivity contribution is 0.0920. The molecule has 0 N–H and O–H groups in total. The maximum absolute atomic E-state index is 11.9. The average molecular weight is 289 g/mol. The second kappa shape index (κ2) is 6.35. The van der Waals surface area contributed by atoms with Crippen molar-refractivity contribution in [1.82, 2.24) is 0 Å². The minimum atomic E-state index is -0.150. The third kappa shape index (κ3) is 3.68. The number of carbonyl (C=O) groups excluding carboxylic acids is 2. The summed E-state index contributed by atoms with van der Waals surface area (Å²) in [5.41, 5.74) is 1.12. The summed E-state index contributed by atoms with van der Waals surface area (Å²) in [5, 5.41) is 0.515. The fourth-order valence-corrected chi connectivity index (χ4v) is 1.87. The molecule has 0 saturated heterocycles. The fourth-order valence-electron chi connectivity index (χ4n) is 1.68. The molecule has 0 radical (unpaired) electrons. The molecule has 0 saturated carbocycles. The summed E-state index contributed by atoms with van der Waals surface area (Å²) in [6, 6.07) is 13.4. The van der Waals surface area contributed by atoms with E-state index in [9.17, 15) is 9.59 Å². The largest absolute Gasteiger partial charge is 0.485 e. The highest BCUT2D eigenvalue weighted by Gasteiger charge is 2.07. The lowest BCUT2D eigenvalue weighted by Gasteiger charge is -2.06. The Kier molecular flexibility index (Phi) is 4.53. The van der Waals surface area contributed by atoms with Gasteiger partial charge in [0, 0.05) is 16.1 Å².